The molecule has 0 radical (unpaired) electrons. The molecule has 2 saturated heterocycles. The van der Waals surface area contributed by atoms with Crippen molar-refractivity contribution in [1.82, 2.24) is 9.80 Å². The monoisotopic (exact) mass is 312 g/mol. The molecule has 2 aliphatic heterocycles. The molecular formula is C17H32N2O3. The maximum Gasteiger partial charge on any atom is 0.251 e. The van der Waals surface area contributed by atoms with Crippen LogP contribution in [0.2, 0.25) is 0 Å². The molecule has 0 aromatic carbocycles. The fraction of sp³-hybridized carbons (Fsp3) is 0.941. The van der Waals surface area contributed by atoms with Crippen LogP contribution in [0.1, 0.15) is 47.5 Å². The van der Waals surface area contributed by atoms with Crippen LogP contribution < -0.4 is 0 Å². The van der Waals surface area contributed by atoms with Gasteiger partial charge in [-0.25, -0.2) is 0 Å². The fourth-order valence-corrected chi connectivity index (χ4v) is 3.40. The molecule has 2 heterocycles. The van der Waals surface area contributed by atoms with E-state index in [1.54, 1.807) is 0 Å². The van der Waals surface area contributed by atoms with E-state index >= 15 is 0 Å². The quantitative estimate of drug-likeness (QED) is 0.777. The number of amides is 1. The van der Waals surface area contributed by atoms with E-state index in [1.807, 2.05) is 11.8 Å². The van der Waals surface area contributed by atoms with Gasteiger partial charge in [0.05, 0.1) is 24.9 Å². The Morgan fingerprint density at radius 2 is 1.91 bits per heavy atom. The minimum atomic E-state index is -0.313. The van der Waals surface area contributed by atoms with Gasteiger partial charge in [0.1, 0.15) is 6.10 Å². The van der Waals surface area contributed by atoms with Crippen LogP contribution in [0.3, 0.4) is 0 Å². The number of carbonyl (C=O) groups excluding carboxylic acids is 1. The Bertz CT molecular complexity index is 376. The molecule has 2 rings (SSSR count). The molecule has 2 fully saturated rings. The Labute approximate surface area is 134 Å². The van der Waals surface area contributed by atoms with E-state index in [0.717, 1.165) is 45.6 Å². The minimum Gasteiger partial charge on any atom is -0.377 e. The number of nitrogens with zero attached hydrogens (tertiary/aromatic N) is 2. The van der Waals surface area contributed by atoms with E-state index in [-0.39, 0.29) is 23.7 Å². The van der Waals surface area contributed by atoms with E-state index < -0.39 is 0 Å². The summed E-state index contributed by atoms with van der Waals surface area (Å²) in [7, 11) is 0. The van der Waals surface area contributed by atoms with Gasteiger partial charge in [-0.15, -0.1) is 0 Å². The SMILES string of the molecule is CC(C)OCCN1CCC2(CC1)CN(C(C)C)C(=O)[C@H](C)O2. The van der Waals surface area contributed by atoms with E-state index in [9.17, 15) is 4.79 Å². The normalized spacial score (nSPS) is 26.4. The van der Waals surface area contributed by atoms with Crippen LogP contribution >= 0.6 is 0 Å². The molecule has 0 unspecified atom stereocenters. The van der Waals surface area contributed by atoms with Crippen LogP contribution in [-0.2, 0) is 14.3 Å². The summed E-state index contributed by atoms with van der Waals surface area (Å²) in [5, 5.41) is 0. The fourth-order valence-electron chi connectivity index (χ4n) is 3.40. The van der Waals surface area contributed by atoms with Crippen LogP contribution in [-0.4, -0.2) is 72.3 Å². The maximum absolute atomic E-state index is 12.2. The summed E-state index contributed by atoms with van der Waals surface area (Å²) in [4.78, 5) is 16.7. The Morgan fingerprint density at radius 1 is 1.27 bits per heavy atom. The van der Waals surface area contributed by atoms with Crippen molar-refractivity contribution < 1.29 is 14.3 Å². The van der Waals surface area contributed by atoms with E-state index in [1.165, 1.54) is 0 Å². The van der Waals surface area contributed by atoms with Crippen molar-refractivity contribution in [3.8, 4) is 0 Å². The predicted molar refractivity (Wildman–Crippen MR) is 86.9 cm³/mol. The highest BCUT2D eigenvalue weighted by atomic mass is 16.5. The van der Waals surface area contributed by atoms with Gasteiger partial charge in [-0.05, 0) is 47.5 Å². The summed E-state index contributed by atoms with van der Waals surface area (Å²) < 4.78 is 11.8. The number of morpholine rings is 1. The molecule has 0 N–H and O–H groups in total. The average molecular weight is 312 g/mol. The van der Waals surface area contributed by atoms with Crippen molar-refractivity contribution in [2.24, 2.45) is 0 Å². The highest BCUT2D eigenvalue weighted by Gasteiger charge is 2.45. The first kappa shape index (κ1) is 17.7. The average Bonchev–Trinajstić information content (AvgIpc) is 2.45. The molecular weight excluding hydrogens is 280 g/mol. The molecule has 128 valence electrons. The number of ether oxygens (including phenoxy) is 2. The second-order valence-corrected chi connectivity index (χ2v) is 7.26. The van der Waals surface area contributed by atoms with Crippen LogP contribution in [0, 0.1) is 0 Å². The zero-order valence-corrected chi connectivity index (χ0v) is 14.8. The van der Waals surface area contributed by atoms with Crippen molar-refractivity contribution in [2.75, 3.05) is 32.8 Å². The third-order valence-electron chi connectivity index (χ3n) is 4.77. The highest BCUT2D eigenvalue weighted by Crippen LogP contribution is 2.33. The lowest BCUT2D eigenvalue weighted by atomic mass is 9.88. The molecule has 0 aromatic heterocycles. The summed E-state index contributed by atoms with van der Waals surface area (Å²) in [6, 6.07) is 0.244. The van der Waals surface area contributed by atoms with Gasteiger partial charge in [0.15, 0.2) is 0 Å². The molecule has 22 heavy (non-hydrogen) atoms. The number of hydrogen-bond donors (Lipinski definition) is 0. The molecule has 0 saturated carbocycles. The van der Waals surface area contributed by atoms with E-state index in [2.05, 4.69) is 32.6 Å². The van der Waals surface area contributed by atoms with Crippen LogP contribution in [0.4, 0.5) is 0 Å². The number of rotatable bonds is 5. The summed E-state index contributed by atoms with van der Waals surface area (Å²) in [6.07, 6.45) is 1.97. The van der Waals surface area contributed by atoms with Crippen molar-refractivity contribution >= 4 is 5.91 Å². The van der Waals surface area contributed by atoms with Gasteiger partial charge in [0.25, 0.3) is 5.91 Å². The Kier molecular flexibility index (Phi) is 5.86. The molecule has 5 heteroatoms. The van der Waals surface area contributed by atoms with Gasteiger partial charge in [-0.2, -0.15) is 0 Å². The standard InChI is InChI=1S/C17H32N2O3/c1-13(2)19-12-17(22-15(5)16(19)20)6-8-18(9-7-17)10-11-21-14(3)4/h13-15H,6-12H2,1-5H3/t15-/m0/s1. The summed E-state index contributed by atoms with van der Waals surface area (Å²) in [6.45, 7) is 14.8. The second kappa shape index (κ2) is 7.28. The van der Waals surface area contributed by atoms with Gasteiger partial charge in [0, 0.05) is 25.7 Å². The largest absolute Gasteiger partial charge is 0.377 e. The lowest BCUT2D eigenvalue weighted by Crippen LogP contribution is -2.62. The summed E-state index contributed by atoms with van der Waals surface area (Å²) >= 11 is 0. The number of carbonyl (C=O) groups is 1. The van der Waals surface area contributed by atoms with Crippen LogP contribution in [0.25, 0.3) is 0 Å². The van der Waals surface area contributed by atoms with Gasteiger partial charge in [-0.1, -0.05) is 0 Å². The zero-order chi connectivity index (χ0) is 16.3. The van der Waals surface area contributed by atoms with Crippen LogP contribution in [0.5, 0.6) is 0 Å². The Morgan fingerprint density at radius 3 is 2.45 bits per heavy atom. The predicted octanol–water partition coefficient (Wildman–Crippen LogP) is 1.90. The van der Waals surface area contributed by atoms with Crippen LogP contribution in [0.15, 0.2) is 0 Å². The molecule has 2 aliphatic rings. The Balaban J connectivity index is 1.87. The van der Waals surface area contributed by atoms with E-state index in [0.29, 0.717) is 6.10 Å². The molecule has 1 amide bonds. The van der Waals surface area contributed by atoms with Gasteiger partial charge in [0.2, 0.25) is 0 Å². The zero-order valence-electron chi connectivity index (χ0n) is 14.8. The molecule has 0 bridgehead atoms. The molecule has 5 nitrogen and oxygen atoms in total. The second-order valence-electron chi connectivity index (χ2n) is 7.26. The molecule has 1 atom stereocenters. The van der Waals surface area contributed by atoms with Crippen molar-refractivity contribution in [1.29, 1.82) is 0 Å². The minimum absolute atomic E-state index is 0.133. The first-order valence-corrected chi connectivity index (χ1v) is 8.65. The van der Waals surface area contributed by atoms with Crippen molar-refractivity contribution in [2.45, 2.75) is 71.3 Å². The third-order valence-corrected chi connectivity index (χ3v) is 4.77. The van der Waals surface area contributed by atoms with Gasteiger partial charge < -0.3 is 19.3 Å². The lowest BCUT2D eigenvalue weighted by Gasteiger charge is -2.50. The van der Waals surface area contributed by atoms with Crippen molar-refractivity contribution in [3.63, 3.8) is 0 Å². The molecule has 0 aromatic rings. The molecule has 0 aliphatic carbocycles. The summed E-state index contributed by atoms with van der Waals surface area (Å²) in [5.74, 6) is 0.133. The lowest BCUT2D eigenvalue weighted by molar-refractivity contribution is -0.193. The smallest absolute Gasteiger partial charge is 0.251 e. The topological polar surface area (TPSA) is 42.0 Å². The van der Waals surface area contributed by atoms with E-state index in [4.69, 9.17) is 9.47 Å². The maximum atomic E-state index is 12.2. The number of piperidine rings is 1. The molecule has 1 spiro atoms. The highest BCUT2D eigenvalue weighted by molar-refractivity contribution is 5.81. The van der Waals surface area contributed by atoms with Gasteiger partial charge in [-0.3, -0.25) is 4.79 Å². The number of hydrogen-bond acceptors (Lipinski definition) is 4. The first-order chi connectivity index (χ1) is 10.3. The first-order valence-electron chi connectivity index (χ1n) is 8.65. The number of likely N-dealkylation sites (tertiary alicyclic amines) is 1. The summed E-state index contributed by atoms with van der Waals surface area (Å²) in [5.41, 5.74) is -0.146. The Hall–Kier alpha value is -0.650. The van der Waals surface area contributed by atoms with Gasteiger partial charge >= 0.3 is 0 Å². The van der Waals surface area contributed by atoms with Crippen molar-refractivity contribution in [3.05, 3.63) is 0 Å². The third kappa shape index (κ3) is 4.21.